The van der Waals surface area contributed by atoms with Crippen molar-refractivity contribution in [1.29, 1.82) is 0 Å². The summed E-state index contributed by atoms with van der Waals surface area (Å²) in [5.74, 6) is -0.635. The molecule has 1 heterocycles. The number of fused-ring (bicyclic) bond motifs is 1. The van der Waals surface area contributed by atoms with Crippen molar-refractivity contribution >= 4 is 34.9 Å². The number of ketones is 1. The van der Waals surface area contributed by atoms with Crippen LogP contribution in [0.1, 0.15) is 36.0 Å². The first kappa shape index (κ1) is 18.7. The Kier molecular flexibility index (Phi) is 5.18. The largest absolute Gasteiger partial charge is 0.483 e. The number of anilines is 1. The Morgan fingerprint density at radius 2 is 1.57 bits per heavy atom. The highest BCUT2D eigenvalue weighted by Gasteiger charge is 2.49. The van der Waals surface area contributed by atoms with Gasteiger partial charge in [-0.05, 0) is 49.2 Å². The number of amides is 2. The van der Waals surface area contributed by atoms with E-state index in [4.69, 9.17) is 16.3 Å². The molecule has 144 valence electrons. The van der Waals surface area contributed by atoms with Gasteiger partial charge in [0.25, 0.3) is 0 Å². The highest BCUT2D eigenvalue weighted by molar-refractivity contribution is 6.30. The van der Waals surface area contributed by atoms with E-state index in [1.54, 1.807) is 48.5 Å². The van der Waals surface area contributed by atoms with Gasteiger partial charge >= 0.3 is 0 Å². The molecule has 1 aliphatic heterocycles. The number of nitrogens with zero attached hydrogens (tertiary/aromatic N) is 1. The van der Waals surface area contributed by atoms with E-state index in [2.05, 4.69) is 0 Å². The molecule has 28 heavy (non-hydrogen) atoms. The topological polar surface area (TPSA) is 63.7 Å². The second-order valence-corrected chi connectivity index (χ2v) is 7.63. The van der Waals surface area contributed by atoms with Crippen molar-refractivity contribution in [2.24, 2.45) is 11.8 Å². The van der Waals surface area contributed by atoms with Crippen LogP contribution in [0.2, 0.25) is 5.02 Å². The third kappa shape index (κ3) is 3.42. The van der Waals surface area contributed by atoms with Gasteiger partial charge in [-0.1, -0.05) is 36.6 Å². The number of para-hydroxylation sites is 2. The van der Waals surface area contributed by atoms with Crippen LogP contribution in [0, 0.1) is 11.8 Å². The van der Waals surface area contributed by atoms with E-state index in [1.165, 1.54) is 4.90 Å². The van der Waals surface area contributed by atoms with E-state index >= 15 is 0 Å². The van der Waals surface area contributed by atoms with Crippen LogP contribution >= 0.6 is 11.6 Å². The fraction of sp³-hybridized carbons (Fsp3) is 0.318. The number of rotatable bonds is 5. The Labute approximate surface area is 168 Å². The fourth-order valence-electron chi connectivity index (χ4n) is 4.03. The smallest absolute Gasteiger partial charge is 0.237 e. The number of ether oxygens (including phenoxy) is 1. The maximum absolute atomic E-state index is 12.9. The normalized spacial score (nSPS) is 21.5. The fourth-order valence-corrected chi connectivity index (χ4v) is 4.15. The van der Waals surface area contributed by atoms with Crippen molar-refractivity contribution in [1.82, 2.24) is 0 Å². The number of carbonyl (C=O) groups is 3. The zero-order valence-electron chi connectivity index (χ0n) is 15.3. The van der Waals surface area contributed by atoms with E-state index in [0.29, 0.717) is 22.0 Å². The first-order chi connectivity index (χ1) is 13.6. The molecule has 1 saturated heterocycles. The zero-order chi connectivity index (χ0) is 19.7. The molecule has 0 radical (unpaired) electrons. The minimum Gasteiger partial charge on any atom is -0.483 e. The first-order valence-corrected chi connectivity index (χ1v) is 9.82. The summed E-state index contributed by atoms with van der Waals surface area (Å²) in [7, 11) is 0. The lowest BCUT2D eigenvalue weighted by Gasteiger charge is -2.19. The number of carbonyl (C=O) groups excluding carboxylic acids is 3. The standard InChI is InChI=1S/C22H20ClNO4/c23-15-11-9-14(10-12-15)19(25)13-28-20-8-4-3-7-18(20)24-21(26)16-5-1-2-6-17(16)22(24)27/h3-4,7-12,16-17H,1-2,5-6,13H2/t16-,17-/m1/s1. The molecule has 4 rings (SSSR count). The van der Waals surface area contributed by atoms with Crippen molar-refractivity contribution < 1.29 is 19.1 Å². The molecule has 2 amide bonds. The monoisotopic (exact) mass is 397 g/mol. The summed E-state index contributed by atoms with van der Waals surface area (Å²) in [5.41, 5.74) is 0.900. The van der Waals surface area contributed by atoms with Gasteiger partial charge in [-0.2, -0.15) is 0 Å². The summed E-state index contributed by atoms with van der Waals surface area (Å²) in [5, 5.41) is 0.551. The molecule has 0 N–H and O–H groups in total. The second-order valence-electron chi connectivity index (χ2n) is 7.20. The summed E-state index contributed by atoms with van der Waals surface area (Å²) in [6.45, 7) is -0.193. The minimum absolute atomic E-state index is 0.158. The third-order valence-electron chi connectivity index (χ3n) is 5.47. The van der Waals surface area contributed by atoms with Crippen molar-refractivity contribution in [3.8, 4) is 5.75 Å². The summed E-state index contributed by atoms with van der Waals surface area (Å²) >= 11 is 5.85. The van der Waals surface area contributed by atoms with E-state index < -0.39 is 0 Å². The molecule has 1 saturated carbocycles. The molecule has 2 fully saturated rings. The Morgan fingerprint density at radius 3 is 2.21 bits per heavy atom. The van der Waals surface area contributed by atoms with Crippen molar-refractivity contribution in [2.45, 2.75) is 25.7 Å². The van der Waals surface area contributed by atoms with Crippen LogP contribution in [0.4, 0.5) is 5.69 Å². The van der Waals surface area contributed by atoms with Gasteiger partial charge in [0, 0.05) is 10.6 Å². The molecule has 1 aliphatic carbocycles. The van der Waals surface area contributed by atoms with Crippen LogP contribution in [0.3, 0.4) is 0 Å². The number of hydrogen-bond acceptors (Lipinski definition) is 4. The number of imide groups is 1. The average molecular weight is 398 g/mol. The maximum atomic E-state index is 12.9. The lowest BCUT2D eigenvalue weighted by Crippen LogP contribution is -2.31. The first-order valence-electron chi connectivity index (χ1n) is 9.44. The summed E-state index contributed by atoms with van der Waals surface area (Å²) in [4.78, 5) is 39.4. The van der Waals surface area contributed by atoms with Gasteiger partial charge in [0.1, 0.15) is 5.75 Å². The van der Waals surface area contributed by atoms with Gasteiger partial charge in [-0.15, -0.1) is 0 Å². The van der Waals surface area contributed by atoms with Gasteiger partial charge < -0.3 is 4.74 Å². The lowest BCUT2D eigenvalue weighted by atomic mass is 9.81. The van der Waals surface area contributed by atoms with Gasteiger partial charge in [0.2, 0.25) is 11.8 Å². The van der Waals surface area contributed by atoms with Crippen LogP contribution in [0.15, 0.2) is 48.5 Å². The van der Waals surface area contributed by atoms with Crippen molar-refractivity contribution in [2.75, 3.05) is 11.5 Å². The van der Waals surface area contributed by atoms with Gasteiger partial charge in [-0.25, -0.2) is 4.90 Å². The van der Waals surface area contributed by atoms with Crippen LogP contribution < -0.4 is 9.64 Å². The Balaban J connectivity index is 1.54. The van der Waals surface area contributed by atoms with Gasteiger partial charge in [0.05, 0.1) is 17.5 Å². The SMILES string of the molecule is O=C(COc1ccccc1N1C(=O)[C@@H]2CCCC[C@H]2C1=O)c1ccc(Cl)cc1. The van der Waals surface area contributed by atoms with Crippen LogP contribution in [-0.4, -0.2) is 24.2 Å². The molecule has 0 spiro atoms. The highest BCUT2D eigenvalue weighted by atomic mass is 35.5. The predicted octanol–water partition coefficient (Wildman–Crippen LogP) is 4.28. The predicted molar refractivity (Wildman–Crippen MR) is 106 cm³/mol. The molecular formula is C22H20ClNO4. The molecule has 0 aromatic heterocycles. The van der Waals surface area contributed by atoms with Crippen molar-refractivity contribution in [3.05, 3.63) is 59.1 Å². The number of hydrogen-bond donors (Lipinski definition) is 0. The quantitative estimate of drug-likeness (QED) is 0.558. The molecule has 5 nitrogen and oxygen atoms in total. The maximum Gasteiger partial charge on any atom is 0.237 e. The molecule has 2 aromatic rings. The molecule has 2 atom stereocenters. The van der Waals surface area contributed by atoms with Crippen LogP contribution in [0.25, 0.3) is 0 Å². The van der Waals surface area contributed by atoms with E-state index in [9.17, 15) is 14.4 Å². The Bertz CT molecular complexity index is 900. The molecule has 0 unspecified atom stereocenters. The molecule has 6 heteroatoms. The van der Waals surface area contributed by atoms with Crippen molar-refractivity contribution in [3.63, 3.8) is 0 Å². The molecule has 2 aromatic carbocycles. The summed E-state index contributed by atoms with van der Waals surface area (Å²) in [6.07, 6.45) is 3.46. The number of halogens is 1. The van der Waals surface area contributed by atoms with Crippen LogP contribution in [0.5, 0.6) is 5.75 Å². The van der Waals surface area contributed by atoms with E-state index in [1.807, 2.05) is 0 Å². The highest BCUT2D eigenvalue weighted by Crippen LogP contribution is 2.42. The molecule has 0 bridgehead atoms. The molecular weight excluding hydrogens is 378 g/mol. The third-order valence-corrected chi connectivity index (χ3v) is 5.72. The Hall–Kier alpha value is -2.66. The summed E-state index contributed by atoms with van der Waals surface area (Å²) in [6, 6.07) is 13.4. The van der Waals surface area contributed by atoms with Crippen LogP contribution in [-0.2, 0) is 9.59 Å². The lowest BCUT2D eigenvalue weighted by molar-refractivity contribution is -0.122. The minimum atomic E-state index is -0.231. The second kappa shape index (κ2) is 7.76. The van der Waals surface area contributed by atoms with Gasteiger partial charge in [-0.3, -0.25) is 14.4 Å². The number of Topliss-reactive ketones (excluding diaryl/α,β-unsaturated/α-hetero) is 1. The van der Waals surface area contributed by atoms with E-state index in [-0.39, 0.29) is 36.0 Å². The molecule has 2 aliphatic rings. The van der Waals surface area contributed by atoms with Gasteiger partial charge in [0.15, 0.2) is 12.4 Å². The number of benzene rings is 2. The summed E-state index contributed by atoms with van der Waals surface area (Å²) < 4.78 is 5.72. The average Bonchev–Trinajstić information content (AvgIpc) is 2.97. The zero-order valence-corrected chi connectivity index (χ0v) is 16.0. The van der Waals surface area contributed by atoms with E-state index in [0.717, 1.165) is 25.7 Å². The Morgan fingerprint density at radius 1 is 0.964 bits per heavy atom.